The van der Waals surface area contributed by atoms with Crippen LogP contribution >= 0.6 is 11.3 Å². The second kappa shape index (κ2) is 5.87. The van der Waals surface area contributed by atoms with Crippen molar-refractivity contribution in [1.82, 2.24) is 9.88 Å². The van der Waals surface area contributed by atoms with E-state index in [4.69, 9.17) is 5.73 Å². The highest BCUT2D eigenvalue weighted by Gasteiger charge is 2.33. The lowest BCUT2D eigenvalue weighted by atomic mass is 9.80. The summed E-state index contributed by atoms with van der Waals surface area (Å²) in [4.78, 5) is 8.41. The minimum absolute atomic E-state index is 0.200. The van der Waals surface area contributed by atoms with E-state index in [1.54, 1.807) is 11.3 Å². The number of nitrogens with two attached hydrogens (primary N) is 1. The summed E-state index contributed by atoms with van der Waals surface area (Å²) in [5, 5.41) is 1.11. The van der Waals surface area contributed by atoms with Crippen molar-refractivity contribution in [3.05, 3.63) is 41.4 Å². The molecule has 2 heterocycles. The highest BCUT2D eigenvalue weighted by atomic mass is 32.1. The van der Waals surface area contributed by atoms with Gasteiger partial charge in [0.1, 0.15) is 5.01 Å². The Kier molecular flexibility index (Phi) is 4.11. The topological polar surface area (TPSA) is 42.2 Å². The van der Waals surface area contributed by atoms with Crippen molar-refractivity contribution in [2.45, 2.75) is 32.9 Å². The van der Waals surface area contributed by atoms with Gasteiger partial charge in [-0.1, -0.05) is 44.2 Å². The number of piperidine rings is 1. The Morgan fingerprint density at radius 2 is 2.10 bits per heavy atom. The third-order valence-electron chi connectivity index (χ3n) is 4.34. The van der Waals surface area contributed by atoms with Gasteiger partial charge in [-0.25, -0.2) is 4.98 Å². The maximum Gasteiger partial charge on any atom is 0.123 e. The first kappa shape index (κ1) is 14.7. The van der Waals surface area contributed by atoms with Gasteiger partial charge in [-0.2, -0.15) is 0 Å². The van der Waals surface area contributed by atoms with E-state index >= 15 is 0 Å². The minimum atomic E-state index is 0.200. The van der Waals surface area contributed by atoms with Crippen molar-refractivity contribution in [1.29, 1.82) is 0 Å². The molecule has 1 aromatic carbocycles. The number of likely N-dealkylation sites (tertiary alicyclic amines) is 1. The molecule has 1 aromatic heterocycles. The van der Waals surface area contributed by atoms with Crippen molar-refractivity contribution < 1.29 is 0 Å². The normalized spacial score (nSPS) is 22.3. The molecule has 3 nitrogen and oxygen atoms in total. The van der Waals surface area contributed by atoms with Gasteiger partial charge in [-0.15, -0.1) is 11.3 Å². The number of nitrogens with zero attached hydrogens (tertiary/aromatic N) is 2. The molecule has 1 aliphatic rings. The zero-order chi connectivity index (χ0) is 14.9. The summed E-state index contributed by atoms with van der Waals surface area (Å²) in [5.41, 5.74) is 7.61. The molecular weight excluding hydrogens is 278 g/mol. The molecule has 1 unspecified atom stereocenters. The smallest absolute Gasteiger partial charge is 0.123 e. The molecule has 21 heavy (non-hydrogen) atoms. The molecule has 2 N–H and O–H groups in total. The summed E-state index contributed by atoms with van der Waals surface area (Å²) >= 11 is 1.80. The molecular formula is C17H23N3S. The summed E-state index contributed by atoms with van der Waals surface area (Å²) in [5.74, 6) is 0. The first-order chi connectivity index (χ1) is 10.0. The average Bonchev–Trinajstić information content (AvgIpc) is 2.92. The van der Waals surface area contributed by atoms with E-state index in [1.165, 1.54) is 10.4 Å². The van der Waals surface area contributed by atoms with Crippen LogP contribution < -0.4 is 5.73 Å². The van der Waals surface area contributed by atoms with Gasteiger partial charge in [0.2, 0.25) is 0 Å². The molecule has 1 aliphatic heterocycles. The van der Waals surface area contributed by atoms with E-state index in [2.05, 4.69) is 48.0 Å². The van der Waals surface area contributed by atoms with Crippen LogP contribution in [-0.2, 0) is 6.54 Å². The highest BCUT2D eigenvalue weighted by molar-refractivity contribution is 7.15. The highest BCUT2D eigenvalue weighted by Crippen LogP contribution is 2.30. The Balaban J connectivity index is 1.68. The Bertz CT molecular complexity index is 591. The summed E-state index contributed by atoms with van der Waals surface area (Å²) in [6.07, 6.45) is 3.10. The van der Waals surface area contributed by atoms with E-state index in [9.17, 15) is 0 Å². The molecule has 0 saturated carbocycles. The van der Waals surface area contributed by atoms with Crippen LogP contribution in [0.15, 0.2) is 36.5 Å². The molecule has 0 amide bonds. The lowest BCUT2D eigenvalue weighted by Gasteiger charge is -2.42. The fraction of sp³-hybridized carbons (Fsp3) is 0.471. The summed E-state index contributed by atoms with van der Waals surface area (Å²) in [7, 11) is 0. The van der Waals surface area contributed by atoms with Gasteiger partial charge in [0.15, 0.2) is 0 Å². The maximum atomic E-state index is 6.21. The number of hydrogen-bond acceptors (Lipinski definition) is 4. The van der Waals surface area contributed by atoms with Gasteiger partial charge < -0.3 is 5.73 Å². The molecule has 1 atom stereocenters. The Hall–Kier alpha value is -1.23. The molecule has 0 bridgehead atoms. The third-order valence-corrected chi connectivity index (χ3v) is 5.38. The zero-order valence-corrected chi connectivity index (χ0v) is 13.6. The van der Waals surface area contributed by atoms with Gasteiger partial charge in [0.25, 0.3) is 0 Å². The molecule has 112 valence electrons. The van der Waals surface area contributed by atoms with E-state index in [0.29, 0.717) is 6.04 Å². The predicted octanol–water partition coefficient (Wildman–Crippen LogP) is 3.37. The maximum absolute atomic E-state index is 6.21. The van der Waals surface area contributed by atoms with Gasteiger partial charge >= 0.3 is 0 Å². The lowest BCUT2D eigenvalue weighted by molar-refractivity contribution is 0.0906. The van der Waals surface area contributed by atoms with Crippen LogP contribution in [-0.4, -0.2) is 29.0 Å². The molecule has 3 rings (SSSR count). The Labute approximate surface area is 130 Å². The molecule has 4 heteroatoms. The fourth-order valence-electron chi connectivity index (χ4n) is 2.94. The fourth-order valence-corrected chi connectivity index (χ4v) is 3.90. The van der Waals surface area contributed by atoms with Crippen molar-refractivity contribution in [3.63, 3.8) is 0 Å². The van der Waals surface area contributed by atoms with Gasteiger partial charge in [-0.3, -0.25) is 4.90 Å². The van der Waals surface area contributed by atoms with E-state index in [1.807, 2.05) is 12.3 Å². The Morgan fingerprint density at radius 1 is 1.33 bits per heavy atom. The second-order valence-electron chi connectivity index (χ2n) is 6.59. The van der Waals surface area contributed by atoms with E-state index in [-0.39, 0.29) is 5.41 Å². The lowest BCUT2D eigenvalue weighted by Crippen LogP contribution is -2.51. The summed E-state index contributed by atoms with van der Waals surface area (Å²) in [6, 6.07) is 10.7. The van der Waals surface area contributed by atoms with Crippen LogP contribution in [0.1, 0.15) is 25.1 Å². The second-order valence-corrected chi connectivity index (χ2v) is 7.71. The van der Waals surface area contributed by atoms with Crippen molar-refractivity contribution in [2.75, 3.05) is 13.1 Å². The average molecular weight is 301 g/mol. The predicted molar refractivity (Wildman–Crippen MR) is 89.2 cm³/mol. The third kappa shape index (κ3) is 3.34. The quantitative estimate of drug-likeness (QED) is 0.945. The van der Waals surface area contributed by atoms with Gasteiger partial charge in [-0.05, 0) is 11.8 Å². The van der Waals surface area contributed by atoms with Crippen LogP contribution in [0.5, 0.6) is 0 Å². The molecule has 0 radical (unpaired) electrons. The number of thiazole rings is 1. The molecule has 0 aliphatic carbocycles. The van der Waals surface area contributed by atoms with Crippen LogP contribution in [0.2, 0.25) is 0 Å². The van der Waals surface area contributed by atoms with Crippen molar-refractivity contribution in [3.8, 4) is 10.6 Å². The van der Waals surface area contributed by atoms with Crippen LogP contribution in [0.4, 0.5) is 0 Å². The number of benzene rings is 1. The summed E-state index contributed by atoms with van der Waals surface area (Å²) in [6.45, 7) is 7.67. The van der Waals surface area contributed by atoms with Crippen LogP contribution in [0.3, 0.4) is 0 Å². The molecule has 0 spiro atoms. The molecule has 2 aromatic rings. The molecule has 1 fully saturated rings. The monoisotopic (exact) mass is 301 g/mol. The van der Waals surface area contributed by atoms with E-state index in [0.717, 1.165) is 31.1 Å². The molecule has 1 saturated heterocycles. The SMILES string of the molecule is CC1(C)CN(Cc2cnc(-c3ccccc3)s2)CCC1N. The van der Waals surface area contributed by atoms with Gasteiger partial charge in [0.05, 0.1) is 0 Å². The minimum Gasteiger partial charge on any atom is -0.327 e. The van der Waals surface area contributed by atoms with Crippen molar-refractivity contribution in [2.24, 2.45) is 11.1 Å². The first-order valence-corrected chi connectivity index (χ1v) is 8.34. The van der Waals surface area contributed by atoms with E-state index < -0.39 is 0 Å². The number of hydrogen-bond donors (Lipinski definition) is 1. The van der Waals surface area contributed by atoms with Crippen LogP contribution in [0, 0.1) is 5.41 Å². The zero-order valence-electron chi connectivity index (χ0n) is 12.7. The number of aromatic nitrogens is 1. The standard InChI is InChI=1S/C17H23N3S/c1-17(2)12-20(9-8-15(17)18)11-14-10-19-16(21-14)13-6-4-3-5-7-13/h3-7,10,15H,8-9,11-12,18H2,1-2H3. The number of rotatable bonds is 3. The van der Waals surface area contributed by atoms with Crippen LogP contribution in [0.25, 0.3) is 10.6 Å². The Morgan fingerprint density at radius 3 is 2.81 bits per heavy atom. The largest absolute Gasteiger partial charge is 0.327 e. The van der Waals surface area contributed by atoms with Gasteiger partial charge in [0, 0.05) is 42.3 Å². The van der Waals surface area contributed by atoms with Crippen molar-refractivity contribution >= 4 is 11.3 Å². The first-order valence-electron chi connectivity index (χ1n) is 7.53. The summed E-state index contributed by atoms with van der Waals surface area (Å²) < 4.78 is 0.